The van der Waals surface area contributed by atoms with Crippen LogP contribution in [-0.4, -0.2) is 12.3 Å². The van der Waals surface area contributed by atoms with Crippen molar-refractivity contribution in [1.82, 2.24) is 5.32 Å². The summed E-state index contributed by atoms with van der Waals surface area (Å²) in [6, 6.07) is 9.66. The molecule has 1 aliphatic carbocycles. The SMILES string of the molecule is CSc1ccc(CNC2CCCCC2)cc1. The van der Waals surface area contributed by atoms with Gasteiger partial charge in [-0.3, -0.25) is 0 Å². The second-order valence-corrected chi connectivity index (χ2v) is 5.44. The predicted molar refractivity (Wildman–Crippen MR) is 71.9 cm³/mol. The first kappa shape index (κ1) is 12.0. The van der Waals surface area contributed by atoms with Gasteiger partial charge >= 0.3 is 0 Å². The summed E-state index contributed by atoms with van der Waals surface area (Å²) in [5.74, 6) is 0. The minimum atomic E-state index is 0.758. The zero-order chi connectivity index (χ0) is 11.2. The van der Waals surface area contributed by atoms with Crippen LogP contribution in [0.5, 0.6) is 0 Å². The van der Waals surface area contributed by atoms with Gasteiger partial charge in [0.2, 0.25) is 0 Å². The average molecular weight is 235 g/mol. The van der Waals surface area contributed by atoms with Gasteiger partial charge in [-0.2, -0.15) is 0 Å². The zero-order valence-electron chi connectivity index (χ0n) is 10.0. The third-order valence-corrected chi connectivity index (χ3v) is 4.10. The van der Waals surface area contributed by atoms with E-state index in [-0.39, 0.29) is 0 Å². The summed E-state index contributed by atoms with van der Waals surface area (Å²) in [6.07, 6.45) is 9.09. The van der Waals surface area contributed by atoms with Crippen LogP contribution >= 0.6 is 11.8 Å². The maximum Gasteiger partial charge on any atom is 0.0208 e. The second-order valence-electron chi connectivity index (χ2n) is 4.56. The molecule has 2 rings (SSSR count). The van der Waals surface area contributed by atoms with Crippen molar-refractivity contribution >= 4 is 11.8 Å². The van der Waals surface area contributed by atoms with Gasteiger partial charge in [0.25, 0.3) is 0 Å². The van der Waals surface area contributed by atoms with Gasteiger partial charge < -0.3 is 5.32 Å². The first-order valence-corrected chi connectivity index (χ1v) is 7.47. The molecule has 1 N–H and O–H groups in total. The molecule has 0 amide bonds. The van der Waals surface area contributed by atoms with Crippen molar-refractivity contribution in [3.05, 3.63) is 29.8 Å². The molecule has 0 bridgehead atoms. The lowest BCUT2D eigenvalue weighted by Crippen LogP contribution is -2.30. The van der Waals surface area contributed by atoms with Crippen LogP contribution in [0, 0.1) is 0 Å². The Morgan fingerprint density at radius 1 is 1.12 bits per heavy atom. The largest absolute Gasteiger partial charge is 0.310 e. The fourth-order valence-electron chi connectivity index (χ4n) is 2.31. The van der Waals surface area contributed by atoms with E-state index in [4.69, 9.17) is 0 Å². The van der Waals surface area contributed by atoms with Crippen molar-refractivity contribution in [2.24, 2.45) is 0 Å². The quantitative estimate of drug-likeness (QED) is 0.796. The lowest BCUT2D eigenvalue weighted by Gasteiger charge is -2.22. The zero-order valence-corrected chi connectivity index (χ0v) is 10.9. The molecule has 1 aromatic rings. The van der Waals surface area contributed by atoms with E-state index in [2.05, 4.69) is 35.8 Å². The molecule has 0 heterocycles. The maximum absolute atomic E-state index is 3.67. The van der Waals surface area contributed by atoms with E-state index in [0.717, 1.165) is 12.6 Å². The highest BCUT2D eigenvalue weighted by Gasteiger charge is 2.11. The lowest BCUT2D eigenvalue weighted by molar-refractivity contribution is 0.372. The van der Waals surface area contributed by atoms with Gasteiger partial charge in [-0.1, -0.05) is 31.4 Å². The highest BCUT2D eigenvalue weighted by atomic mass is 32.2. The van der Waals surface area contributed by atoms with E-state index in [0.29, 0.717) is 0 Å². The number of benzene rings is 1. The van der Waals surface area contributed by atoms with Crippen LogP contribution in [0.3, 0.4) is 0 Å². The molecule has 1 saturated carbocycles. The Balaban J connectivity index is 1.79. The van der Waals surface area contributed by atoms with Crippen LogP contribution in [0.2, 0.25) is 0 Å². The maximum atomic E-state index is 3.67. The average Bonchev–Trinajstić information content (AvgIpc) is 2.38. The number of thioether (sulfide) groups is 1. The fraction of sp³-hybridized carbons (Fsp3) is 0.571. The van der Waals surface area contributed by atoms with Crippen LogP contribution in [0.15, 0.2) is 29.2 Å². The molecule has 1 fully saturated rings. The minimum Gasteiger partial charge on any atom is -0.310 e. The van der Waals surface area contributed by atoms with Crippen LogP contribution < -0.4 is 5.32 Å². The number of nitrogens with one attached hydrogen (secondary N) is 1. The third-order valence-electron chi connectivity index (χ3n) is 3.36. The first-order valence-electron chi connectivity index (χ1n) is 6.25. The summed E-state index contributed by atoms with van der Waals surface area (Å²) >= 11 is 1.80. The van der Waals surface area contributed by atoms with E-state index < -0.39 is 0 Å². The molecular formula is C14H21NS. The third kappa shape index (κ3) is 3.53. The topological polar surface area (TPSA) is 12.0 Å². The Morgan fingerprint density at radius 2 is 1.81 bits per heavy atom. The molecule has 16 heavy (non-hydrogen) atoms. The van der Waals surface area contributed by atoms with E-state index in [1.54, 1.807) is 11.8 Å². The Hall–Kier alpha value is -0.470. The molecule has 1 aromatic carbocycles. The molecule has 2 heteroatoms. The molecule has 0 radical (unpaired) electrons. The summed E-state index contributed by atoms with van der Waals surface area (Å²) in [4.78, 5) is 1.35. The molecule has 0 aromatic heterocycles. The van der Waals surface area contributed by atoms with Gasteiger partial charge in [0.05, 0.1) is 0 Å². The Morgan fingerprint density at radius 3 is 2.44 bits per heavy atom. The van der Waals surface area contributed by atoms with Crippen molar-refractivity contribution in [3.8, 4) is 0 Å². The molecule has 1 aliphatic rings. The Kier molecular flexibility index (Phi) is 4.73. The van der Waals surface area contributed by atoms with Crippen LogP contribution in [-0.2, 0) is 6.54 Å². The normalized spacial score (nSPS) is 17.6. The molecule has 0 aliphatic heterocycles. The predicted octanol–water partition coefficient (Wildman–Crippen LogP) is 3.83. The molecule has 0 saturated heterocycles. The summed E-state index contributed by atoms with van der Waals surface area (Å²) in [5, 5.41) is 3.67. The number of hydrogen-bond donors (Lipinski definition) is 1. The van der Waals surface area contributed by atoms with Gasteiger partial charge in [0.1, 0.15) is 0 Å². The van der Waals surface area contributed by atoms with Crippen molar-refractivity contribution in [2.45, 2.75) is 49.6 Å². The molecule has 88 valence electrons. The minimum absolute atomic E-state index is 0.758. The Bertz CT molecular complexity index is 301. The van der Waals surface area contributed by atoms with Crippen molar-refractivity contribution in [2.75, 3.05) is 6.26 Å². The number of hydrogen-bond acceptors (Lipinski definition) is 2. The van der Waals surface area contributed by atoms with E-state index in [1.807, 2.05) is 0 Å². The first-order chi connectivity index (χ1) is 7.88. The molecular weight excluding hydrogens is 214 g/mol. The molecule has 0 spiro atoms. The highest BCUT2D eigenvalue weighted by Crippen LogP contribution is 2.18. The molecule has 1 nitrogen and oxygen atoms in total. The standard InChI is InChI=1S/C14H21NS/c1-16-14-9-7-12(8-10-14)11-15-13-5-3-2-4-6-13/h7-10,13,15H,2-6,11H2,1H3. The summed E-state index contributed by atoms with van der Waals surface area (Å²) in [7, 11) is 0. The monoisotopic (exact) mass is 235 g/mol. The van der Waals surface area contributed by atoms with Crippen LogP contribution in [0.4, 0.5) is 0 Å². The van der Waals surface area contributed by atoms with Crippen LogP contribution in [0.1, 0.15) is 37.7 Å². The Labute approximate surface area is 103 Å². The van der Waals surface area contributed by atoms with E-state index >= 15 is 0 Å². The fourth-order valence-corrected chi connectivity index (χ4v) is 2.72. The van der Waals surface area contributed by atoms with E-state index in [9.17, 15) is 0 Å². The van der Waals surface area contributed by atoms with Gasteiger partial charge in [-0.15, -0.1) is 11.8 Å². The van der Waals surface area contributed by atoms with Crippen molar-refractivity contribution in [3.63, 3.8) is 0 Å². The highest BCUT2D eigenvalue weighted by molar-refractivity contribution is 7.98. The molecule has 0 unspecified atom stereocenters. The van der Waals surface area contributed by atoms with Crippen LogP contribution in [0.25, 0.3) is 0 Å². The second kappa shape index (κ2) is 6.31. The van der Waals surface area contributed by atoms with Gasteiger partial charge in [-0.05, 0) is 36.8 Å². The summed E-state index contributed by atoms with van der Waals surface area (Å²) in [6.45, 7) is 1.03. The number of rotatable bonds is 4. The van der Waals surface area contributed by atoms with Gasteiger partial charge in [0, 0.05) is 17.5 Å². The van der Waals surface area contributed by atoms with Gasteiger partial charge in [-0.25, -0.2) is 0 Å². The van der Waals surface area contributed by atoms with Crippen molar-refractivity contribution in [1.29, 1.82) is 0 Å². The summed E-state index contributed by atoms with van der Waals surface area (Å²) < 4.78 is 0. The lowest BCUT2D eigenvalue weighted by atomic mass is 9.95. The van der Waals surface area contributed by atoms with E-state index in [1.165, 1.54) is 42.6 Å². The van der Waals surface area contributed by atoms with Crippen molar-refractivity contribution < 1.29 is 0 Å². The van der Waals surface area contributed by atoms with Gasteiger partial charge in [0.15, 0.2) is 0 Å². The molecule has 0 atom stereocenters. The summed E-state index contributed by atoms with van der Waals surface area (Å²) in [5.41, 5.74) is 1.41. The smallest absolute Gasteiger partial charge is 0.0208 e.